The zero-order valence-corrected chi connectivity index (χ0v) is 18.2. The highest BCUT2D eigenvalue weighted by atomic mass is 19.1. The van der Waals surface area contributed by atoms with Crippen molar-refractivity contribution in [2.45, 2.75) is 52.5 Å². The Morgan fingerprint density at radius 1 is 1.32 bits per heavy atom. The summed E-state index contributed by atoms with van der Waals surface area (Å²) in [6.07, 6.45) is 3.48. The Bertz CT molecular complexity index is 926. The lowest BCUT2D eigenvalue weighted by molar-refractivity contribution is 0.0493. The van der Waals surface area contributed by atoms with Crippen molar-refractivity contribution in [1.29, 1.82) is 0 Å². The minimum atomic E-state index is -0.539. The largest absolute Gasteiger partial charge is 0.462 e. The summed E-state index contributed by atoms with van der Waals surface area (Å²) in [7, 11) is 0. The van der Waals surface area contributed by atoms with E-state index in [0.717, 1.165) is 24.2 Å². The number of aryl methyl sites for hydroxylation is 2. The van der Waals surface area contributed by atoms with Crippen LogP contribution >= 0.6 is 0 Å². The standard InChI is InChI=1S/C23H30FN3O4/c1-3-19-21-20(10-5-13-30-14-6-11-25-22(21)28)27(26-19)12-7-15-31-23(29)17-8-4-9-18(24)16(17)2/h4,8-9H,3,5-7,10-15H2,1-2H3,(H,25,28). The molecule has 3 rings (SSSR count). The van der Waals surface area contributed by atoms with Crippen molar-refractivity contribution < 1.29 is 23.5 Å². The molecule has 0 bridgehead atoms. The van der Waals surface area contributed by atoms with Crippen LogP contribution in [0.2, 0.25) is 0 Å². The number of hydrogen-bond acceptors (Lipinski definition) is 5. The number of amides is 1. The molecule has 8 heteroatoms. The van der Waals surface area contributed by atoms with E-state index in [0.29, 0.717) is 51.1 Å². The molecule has 0 spiro atoms. The number of hydrogen-bond donors (Lipinski definition) is 1. The zero-order chi connectivity index (χ0) is 22.2. The molecule has 0 saturated heterocycles. The molecule has 1 aromatic heterocycles. The predicted octanol–water partition coefficient (Wildman–Crippen LogP) is 3.22. The minimum Gasteiger partial charge on any atom is -0.462 e. The van der Waals surface area contributed by atoms with Crippen LogP contribution in [0.25, 0.3) is 0 Å². The van der Waals surface area contributed by atoms with E-state index < -0.39 is 11.8 Å². The maximum atomic E-state index is 13.7. The van der Waals surface area contributed by atoms with Gasteiger partial charge in [0.15, 0.2) is 0 Å². The van der Waals surface area contributed by atoms with E-state index in [1.807, 2.05) is 11.6 Å². The summed E-state index contributed by atoms with van der Waals surface area (Å²) in [5.74, 6) is -1.06. The number of carbonyl (C=O) groups is 2. The van der Waals surface area contributed by atoms with Gasteiger partial charge in [-0.05, 0) is 50.3 Å². The Morgan fingerprint density at radius 3 is 2.94 bits per heavy atom. The van der Waals surface area contributed by atoms with Crippen LogP contribution in [-0.2, 0) is 28.9 Å². The number of fused-ring (bicyclic) bond motifs is 1. The molecule has 0 radical (unpaired) electrons. The van der Waals surface area contributed by atoms with Crippen LogP contribution in [-0.4, -0.2) is 48.0 Å². The van der Waals surface area contributed by atoms with Crippen molar-refractivity contribution in [3.05, 3.63) is 52.1 Å². The lowest BCUT2D eigenvalue weighted by Gasteiger charge is -2.11. The third-order valence-corrected chi connectivity index (χ3v) is 5.38. The molecule has 1 aliphatic rings. The highest BCUT2D eigenvalue weighted by Crippen LogP contribution is 2.19. The second kappa shape index (κ2) is 11.0. The fourth-order valence-corrected chi connectivity index (χ4v) is 3.69. The second-order valence-electron chi connectivity index (χ2n) is 7.57. The van der Waals surface area contributed by atoms with Gasteiger partial charge < -0.3 is 14.8 Å². The summed E-state index contributed by atoms with van der Waals surface area (Å²) in [5, 5.41) is 7.62. The Kier molecular flexibility index (Phi) is 8.17. The Labute approximate surface area is 181 Å². The second-order valence-corrected chi connectivity index (χ2v) is 7.57. The summed E-state index contributed by atoms with van der Waals surface area (Å²) in [5.41, 5.74) is 2.85. The minimum absolute atomic E-state index is 0.0898. The normalized spacial score (nSPS) is 15.0. The summed E-state index contributed by atoms with van der Waals surface area (Å²) < 4.78 is 26.5. The molecule has 31 heavy (non-hydrogen) atoms. The zero-order valence-electron chi connectivity index (χ0n) is 18.2. The monoisotopic (exact) mass is 431 g/mol. The van der Waals surface area contributed by atoms with E-state index in [1.165, 1.54) is 12.1 Å². The van der Waals surface area contributed by atoms with Gasteiger partial charge in [-0.1, -0.05) is 13.0 Å². The molecule has 1 amide bonds. The van der Waals surface area contributed by atoms with Gasteiger partial charge in [0.05, 0.1) is 29.1 Å². The van der Waals surface area contributed by atoms with E-state index in [9.17, 15) is 14.0 Å². The van der Waals surface area contributed by atoms with Crippen LogP contribution in [0.1, 0.15) is 63.9 Å². The number of ether oxygens (including phenoxy) is 2. The number of aromatic nitrogens is 2. The van der Waals surface area contributed by atoms with Crippen molar-refractivity contribution in [3.8, 4) is 0 Å². The van der Waals surface area contributed by atoms with Crippen LogP contribution in [0.15, 0.2) is 18.2 Å². The van der Waals surface area contributed by atoms with Gasteiger partial charge in [0, 0.05) is 32.7 Å². The number of esters is 1. The molecule has 0 saturated carbocycles. The number of nitrogens with zero attached hydrogens (tertiary/aromatic N) is 2. The molecule has 0 atom stereocenters. The fourth-order valence-electron chi connectivity index (χ4n) is 3.69. The van der Waals surface area contributed by atoms with Crippen molar-refractivity contribution in [2.75, 3.05) is 26.4 Å². The van der Waals surface area contributed by atoms with Crippen LogP contribution in [0, 0.1) is 12.7 Å². The van der Waals surface area contributed by atoms with Crippen molar-refractivity contribution in [2.24, 2.45) is 0 Å². The highest BCUT2D eigenvalue weighted by molar-refractivity contribution is 5.96. The van der Waals surface area contributed by atoms with Gasteiger partial charge in [-0.15, -0.1) is 0 Å². The molecular weight excluding hydrogens is 401 g/mol. The first-order valence-electron chi connectivity index (χ1n) is 10.9. The van der Waals surface area contributed by atoms with Gasteiger partial charge in [-0.25, -0.2) is 9.18 Å². The van der Waals surface area contributed by atoms with Crippen molar-refractivity contribution >= 4 is 11.9 Å². The van der Waals surface area contributed by atoms with Crippen molar-refractivity contribution in [3.63, 3.8) is 0 Å². The van der Waals surface area contributed by atoms with Gasteiger partial charge in [-0.2, -0.15) is 5.10 Å². The molecule has 2 heterocycles. The SMILES string of the molecule is CCc1nn(CCCOC(=O)c2cccc(F)c2C)c2c1C(=O)NCCCOCCC2. The molecule has 0 aliphatic carbocycles. The summed E-state index contributed by atoms with van der Waals surface area (Å²) >= 11 is 0. The van der Waals surface area contributed by atoms with E-state index in [4.69, 9.17) is 9.47 Å². The topological polar surface area (TPSA) is 82.5 Å². The number of halogens is 1. The maximum Gasteiger partial charge on any atom is 0.338 e. The number of nitrogens with one attached hydrogen (secondary N) is 1. The first-order valence-corrected chi connectivity index (χ1v) is 10.9. The molecule has 0 fully saturated rings. The number of benzene rings is 1. The first-order chi connectivity index (χ1) is 15.0. The average Bonchev–Trinajstić information content (AvgIpc) is 3.10. The van der Waals surface area contributed by atoms with Crippen LogP contribution in [0.5, 0.6) is 0 Å². The lowest BCUT2D eigenvalue weighted by Crippen LogP contribution is -2.26. The predicted molar refractivity (Wildman–Crippen MR) is 114 cm³/mol. The first kappa shape index (κ1) is 22.9. The van der Waals surface area contributed by atoms with Gasteiger partial charge in [0.2, 0.25) is 0 Å². The Hall–Kier alpha value is -2.74. The van der Waals surface area contributed by atoms with Crippen molar-refractivity contribution in [1.82, 2.24) is 15.1 Å². The highest BCUT2D eigenvalue weighted by Gasteiger charge is 2.23. The molecule has 2 aromatic rings. The molecule has 1 N–H and O–H groups in total. The van der Waals surface area contributed by atoms with Crippen LogP contribution < -0.4 is 5.32 Å². The van der Waals surface area contributed by atoms with Crippen LogP contribution in [0.4, 0.5) is 4.39 Å². The molecule has 0 unspecified atom stereocenters. The molecule has 168 valence electrons. The van der Waals surface area contributed by atoms with Crippen LogP contribution in [0.3, 0.4) is 0 Å². The third-order valence-electron chi connectivity index (χ3n) is 5.38. The Balaban J connectivity index is 1.66. The average molecular weight is 432 g/mol. The smallest absolute Gasteiger partial charge is 0.338 e. The van der Waals surface area contributed by atoms with Gasteiger partial charge in [0.1, 0.15) is 5.82 Å². The number of carbonyl (C=O) groups excluding carboxylic acids is 2. The molecule has 1 aliphatic heterocycles. The quantitative estimate of drug-likeness (QED) is 0.561. The maximum absolute atomic E-state index is 13.7. The fraction of sp³-hybridized carbons (Fsp3) is 0.522. The molecule has 7 nitrogen and oxygen atoms in total. The third kappa shape index (κ3) is 5.70. The van der Waals surface area contributed by atoms with Gasteiger partial charge in [0.25, 0.3) is 5.91 Å². The summed E-state index contributed by atoms with van der Waals surface area (Å²) in [6.45, 7) is 6.09. The van der Waals surface area contributed by atoms with E-state index in [1.54, 1.807) is 13.0 Å². The van der Waals surface area contributed by atoms with Gasteiger partial charge in [-0.3, -0.25) is 9.48 Å². The van der Waals surface area contributed by atoms with Gasteiger partial charge >= 0.3 is 5.97 Å². The van der Waals surface area contributed by atoms with E-state index >= 15 is 0 Å². The summed E-state index contributed by atoms with van der Waals surface area (Å²) in [4.78, 5) is 25.0. The van der Waals surface area contributed by atoms with E-state index in [-0.39, 0.29) is 23.6 Å². The van der Waals surface area contributed by atoms with E-state index in [2.05, 4.69) is 10.4 Å². The Morgan fingerprint density at radius 2 is 2.13 bits per heavy atom. The molecule has 1 aromatic carbocycles. The lowest BCUT2D eigenvalue weighted by atomic mass is 10.1. The number of rotatable bonds is 6. The molecular formula is C23H30FN3O4. The summed E-state index contributed by atoms with van der Waals surface area (Å²) in [6, 6.07) is 4.37.